The fraction of sp³-hybridized carbons (Fsp3) is 0.400. The van der Waals surface area contributed by atoms with Crippen molar-refractivity contribution >= 4 is 5.95 Å². The van der Waals surface area contributed by atoms with Crippen molar-refractivity contribution < 1.29 is 0 Å². The first-order valence-corrected chi connectivity index (χ1v) is 5.19. The zero-order chi connectivity index (χ0) is 11.5. The van der Waals surface area contributed by atoms with Gasteiger partial charge in [0, 0.05) is 25.9 Å². The van der Waals surface area contributed by atoms with Crippen LogP contribution in [0.4, 0.5) is 5.95 Å². The summed E-state index contributed by atoms with van der Waals surface area (Å²) < 4.78 is 1.85. The summed E-state index contributed by atoms with van der Waals surface area (Å²) in [5.74, 6) is 2.19. The van der Waals surface area contributed by atoms with Crippen molar-refractivity contribution in [2.45, 2.75) is 19.8 Å². The molecule has 2 aromatic heterocycles. The summed E-state index contributed by atoms with van der Waals surface area (Å²) in [7, 11) is 1.89. The summed E-state index contributed by atoms with van der Waals surface area (Å²) >= 11 is 0. The highest BCUT2D eigenvalue weighted by Crippen LogP contribution is 2.12. The van der Waals surface area contributed by atoms with Crippen LogP contribution in [0.2, 0.25) is 0 Å². The molecule has 2 heterocycles. The minimum atomic E-state index is 0.247. The molecular weight excluding hydrogens is 204 g/mol. The van der Waals surface area contributed by atoms with E-state index in [4.69, 9.17) is 5.73 Å². The molecular formula is C10H14N6. The molecule has 0 atom stereocenters. The average Bonchev–Trinajstić information content (AvgIpc) is 2.64. The van der Waals surface area contributed by atoms with Crippen LogP contribution in [-0.2, 0) is 13.5 Å². The van der Waals surface area contributed by atoms with Gasteiger partial charge in [-0.25, -0.2) is 9.97 Å². The maximum Gasteiger partial charge on any atom is 0.223 e. The standard InChI is InChI=1S/C10H14N6/c1-3-4-7-13-8(15-10(11)14-7)9-12-5-6-16(9)2/h5-6H,3-4H2,1-2H3,(H2,11,13,14,15). The van der Waals surface area contributed by atoms with Crippen LogP contribution in [0, 0.1) is 0 Å². The predicted molar refractivity (Wildman–Crippen MR) is 60.4 cm³/mol. The van der Waals surface area contributed by atoms with Gasteiger partial charge in [-0.15, -0.1) is 0 Å². The minimum absolute atomic E-state index is 0.247. The SMILES string of the molecule is CCCc1nc(N)nc(-c2nccn2C)n1. The number of aromatic nitrogens is 5. The molecule has 6 nitrogen and oxygen atoms in total. The molecule has 16 heavy (non-hydrogen) atoms. The number of hydrogen-bond donors (Lipinski definition) is 1. The van der Waals surface area contributed by atoms with Crippen molar-refractivity contribution in [3.8, 4) is 11.6 Å². The molecule has 0 fully saturated rings. The number of hydrogen-bond acceptors (Lipinski definition) is 5. The lowest BCUT2D eigenvalue weighted by Crippen LogP contribution is -2.06. The zero-order valence-electron chi connectivity index (χ0n) is 9.38. The Kier molecular flexibility index (Phi) is 2.80. The van der Waals surface area contributed by atoms with Crippen LogP contribution >= 0.6 is 0 Å². The van der Waals surface area contributed by atoms with E-state index >= 15 is 0 Å². The first kappa shape index (κ1) is 10.5. The van der Waals surface area contributed by atoms with Gasteiger partial charge in [0.05, 0.1) is 0 Å². The van der Waals surface area contributed by atoms with Crippen molar-refractivity contribution in [1.82, 2.24) is 24.5 Å². The summed E-state index contributed by atoms with van der Waals surface area (Å²) in [5.41, 5.74) is 5.65. The Labute approximate surface area is 93.6 Å². The Morgan fingerprint density at radius 3 is 2.75 bits per heavy atom. The molecule has 0 aliphatic rings. The van der Waals surface area contributed by atoms with E-state index < -0.39 is 0 Å². The van der Waals surface area contributed by atoms with E-state index in [0.29, 0.717) is 17.5 Å². The Balaban J connectivity index is 2.45. The van der Waals surface area contributed by atoms with Gasteiger partial charge in [0.1, 0.15) is 5.82 Å². The number of aryl methyl sites for hydroxylation is 2. The second-order valence-corrected chi connectivity index (χ2v) is 3.55. The topological polar surface area (TPSA) is 82.5 Å². The van der Waals surface area contributed by atoms with Crippen LogP contribution < -0.4 is 5.73 Å². The average molecular weight is 218 g/mol. The molecule has 2 rings (SSSR count). The highest BCUT2D eigenvalue weighted by atomic mass is 15.1. The van der Waals surface area contributed by atoms with Crippen molar-refractivity contribution in [1.29, 1.82) is 0 Å². The van der Waals surface area contributed by atoms with Crippen molar-refractivity contribution in [3.63, 3.8) is 0 Å². The third kappa shape index (κ3) is 2.00. The maximum atomic E-state index is 5.65. The molecule has 0 radical (unpaired) electrons. The van der Waals surface area contributed by atoms with Crippen molar-refractivity contribution in [2.24, 2.45) is 7.05 Å². The molecule has 0 bridgehead atoms. The number of rotatable bonds is 3. The molecule has 0 amide bonds. The first-order chi connectivity index (χ1) is 7.70. The van der Waals surface area contributed by atoms with Crippen LogP contribution in [0.25, 0.3) is 11.6 Å². The molecule has 0 aromatic carbocycles. The normalized spacial score (nSPS) is 10.6. The Bertz CT molecular complexity index is 490. The smallest absolute Gasteiger partial charge is 0.223 e. The first-order valence-electron chi connectivity index (χ1n) is 5.19. The predicted octanol–water partition coefficient (Wildman–Crippen LogP) is 0.807. The largest absolute Gasteiger partial charge is 0.368 e. The van der Waals surface area contributed by atoms with E-state index in [2.05, 4.69) is 26.9 Å². The van der Waals surface area contributed by atoms with E-state index in [1.54, 1.807) is 6.20 Å². The fourth-order valence-corrected chi connectivity index (χ4v) is 1.45. The number of nitrogen functional groups attached to an aromatic ring is 1. The number of nitrogens with zero attached hydrogens (tertiary/aromatic N) is 5. The lowest BCUT2D eigenvalue weighted by Gasteiger charge is -2.03. The third-order valence-corrected chi connectivity index (χ3v) is 2.19. The summed E-state index contributed by atoms with van der Waals surface area (Å²) in [5, 5.41) is 0. The van der Waals surface area contributed by atoms with Gasteiger partial charge >= 0.3 is 0 Å². The van der Waals surface area contributed by atoms with Gasteiger partial charge in [0.2, 0.25) is 11.8 Å². The van der Waals surface area contributed by atoms with Gasteiger partial charge in [-0.2, -0.15) is 9.97 Å². The highest BCUT2D eigenvalue weighted by Gasteiger charge is 2.09. The van der Waals surface area contributed by atoms with Crippen LogP contribution in [-0.4, -0.2) is 24.5 Å². The second-order valence-electron chi connectivity index (χ2n) is 3.55. The molecule has 0 saturated carbocycles. The van der Waals surface area contributed by atoms with Crippen LogP contribution in [0.5, 0.6) is 0 Å². The Morgan fingerprint density at radius 2 is 2.12 bits per heavy atom. The monoisotopic (exact) mass is 218 g/mol. The van der Waals surface area contributed by atoms with E-state index in [-0.39, 0.29) is 5.95 Å². The van der Waals surface area contributed by atoms with E-state index in [1.165, 1.54) is 0 Å². The third-order valence-electron chi connectivity index (χ3n) is 2.19. The Hall–Kier alpha value is -1.98. The summed E-state index contributed by atoms with van der Waals surface area (Å²) in [6.45, 7) is 2.07. The molecule has 2 aromatic rings. The van der Waals surface area contributed by atoms with E-state index in [9.17, 15) is 0 Å². The van der Waals surface area contributed by atoms with Gasteiger partial charge in [-0.3, -0.25) is 0 Å². The Morgan fingerprint density at radius 1 is 1.31 bits per heavy atom. The number of anilines is 1. The van der Waals surface area contributed by atoms with Crippen molar-refractivity contribution in [2.75, 3.05) is 5.73 Å². The maximum absolute atomic E-state index is 5.65. The quantitative estimate of drug-likeness (QED) is 0.824. The van der Waals surface area contributed by atoms with Gasteiger partial charge in [0.25, 0.3) is 0 Å². The van der Waals surface area contributed by atoms with Crippen molar-refractivity contribution in [3.05, 3.63) is 18.2 Å². The highest BCUT2D eigenvalue weighted by molar-refractivity contribution is 5.45. The molecule has 84 valence electrons. The molecule has 0 saturated heterocycles. The zero-order valence-corrected chi connectivity index (χ0v) is 9.38. The van der Waals surface area contributed by atoms with Crippen LogP contribution in [0.15, 0.2) is 12.4 Å². The molecule has 0 aliphatic carbocycles. The van der Waals surface area contributed by atoms with Crippen LogP contribution in [0.3, 0.4) is 0 Å². The summed E-state index contributed by atoms with van der Waals surface area (Å²) in [4.78, 5) is 16.7. The van der Waals surface area contributed by atoms with Gasteiger partial charge in [-0.05, 0) is 6.42 Å². The lowest BCUT2D eigenvalue weighted by molar-refractivity contribution is 0.814. The second kappa shape index (κ2) is 4.26. The van der Waals surface area contributed by atoms with E-state index in [0.717, 1.165) is 12.8 Å². The molecule has 6 heteroatoms. The summed E-state index contributed by atoms with van der Waals surface area (Å²) in [6.07, 6.45) is 5.32. The lowest BCUT2D eigenvalue weighted by atomic mass is 10.3. The van der Waals surface area contributed by atoms with E-state index in [1.807, 2.05) is 17.8 Å². The molecule has 0 unspecified atom stereocenters. The molecule has 0 spiro atoms. The molecule has 2 N–H and O–H groups in total. The summed E-state index contributed by atoms with van der Waals surface area (Å²) in [6, 6.07) is 0. The molecule has 0 aliphatic heterocycles. The number of nitrogens with two attached hydrogens (primary N) is 1. The van der Waals surface area contributed by atoms with Gasteiger partial charge in [0.15, 0.2) is 5.82 Å². The van der Waals surface area contributed by atoms with Crippen LogP contribution in [0.1, 0.15) is 19.2 Å². The minimum Gasteiger partial charge on any atom is -0.368 e. The number of imidazole rings is 1. The van der Waals surface area contributed by atoms with Gasteiger partial charge in [-0.1, -0.05) is 6.92 Å². The van der Waals surface area contributed by atoms with Gasteiger partial charge < -0.3 is 10.3 Å². The fourth-order valence-electron chi connectivity index (χ4n) is 1.45.